The van der Waals surface area contributed by atoms with Gasteiger partial charge in [-0.1, -0.05) is 12.1 Å². The highest BCUT2D eigenvalue weighted by atomic mass is 16.6. The lowest BCUT2D eigenvalue weighted by Crippen LogP contribution is -2.50. The van der Waals surface area contributed by atoms with Crippen LogP contribution in [0.3, 0.4) is 0 Å². The van der Waals surface area contributed by atoms with E-state index in [2.05, 4.69) is 52.3 Å². The van der Waals surface area contributed by atoms with E-state index < -0.39 is 5.60 Å². The maximum absolute atomic E-state index is 12.2. The molecular weight excluding hydrogens is 500 g/mol. The van der Waals surface area contributed by atoms with Gasteiger partial charge in [-0.25, -0.2) is 4.79 Å². The van der Waals surface area contributed by atoms with Crippen molar-refractivity contribution in [2.45, 2.75) is 70.3 Å². The zero-order chi connectivity index (χ0) is 28.1. The summed E-state index contributed by atoms with van der Waals surface area (Å²) >= 11 is 0. The fourth-order valence-corrected chi connectivity index (χ4v) is 5.85. The van der Waals surface area contributed by atoms with Crippen LogP contribution in [0.25, 0.3) is 0 Å². The molecule has 7 heteroatoms. The Hall–Kier alpha value is -3.24. The van der Waals surface area contributed by atoms with Crippen LogP contribution >= 0.6 is 0 Å². The number of nitriles is 1. The van der Waals surface area contributed by atoms with E-state index in [1.807, 2.05) is 31.7 Å². The number of carbonyl (C=O) groups is 1. The van der Waals surface area contributed by atoms with Crippen molar-refractivity contribution in [3.05, 3.63) is 59.2 Å². The van der Waals surface area contributed by atoms with E-state index in [-0.39, 0.29) is 6.09 Å². The third-order valence-corrected chi connectivity index (χ3v) is 8.30. The van der Waals surface area contributed by atoms with Gasteiger partial charge in [0.15, 0.2) is 0 Å². The molecule has 2 heterocycles. The SMILES string of the molecule is CC(C)(C)OC(=O)N1CCN(CCCOc2ccc(C3CCN(c4ccc(C#N)c(C5CC5)c4)CC3)cc2)CC1. The van der Waals surface area contributed by atoms with Gasteiger partial charge in [-0.15, -0.1) is 0 Å². The van der Waals surface area contributed by atoms with Crippen molar-refractivity contribution < 1.29 is 14.3 Å². The lowest BCUT2D eigenvalue weighted by Gasteiger charge is -2.35. The lowest BCUT2D eigenvalue weighted by atomic mass is 9.89. The zero-order valence-electron chi connectivity index (χ0n) is 24.4. The molecule has 1 amide bonds. The second-order valence-corrected chi connectivity index (χ2v) is 12.5. The second kappa shape index (κ2) is 12.5. The zero-order valence-corrected chi connectivity index (χ0v) is 24.4. The molecule has 3 fully saturated rings. The minimum atomic E-state index is -0.450. The number of hydrogen-bond donors (Lipinski definition) is 0. The maximum Gasteiger partial charge on any atom is 0.410 e. The van der Waals surface area contributed by atoms with Crippen molar-refractivity contribution in [3.63, 3.8) is 0 Å². The molecular formula is C33H44N4O3. The molecule has 214 valence electrons. The molecule has 0 N–H and O–H groups in total. The predicted molar refractivity (Wildman–Crippen MR) is 158 cm³/mol. The number of ether oxygens (including phenoxy) is 2. The molecule has 5 rings (SSSR count). The van der Waals surface area contributed by atoms with Crippen LogP contribution in [0.5, 0.6) is 5.75 Å². The topological polar surface area (TPSA) is 69.0 Å². The Bertz CT molecular complexity index is 1180. The number of nitrogens with zero attached hydrogens (tertiary/aromatic N) is 4. The van der Waals surface area contributed by atoms with Gasteiger partial charge in [-0.05, 0) is 106 Å². The number of anilines is 1. The van der Waals surface area contributed by atoms with Gasteiger partial charge < -0.3 is 19.3 Å². The first-order valence-electron chi connectivity index (χ1n) is 15.0. The lowest BCUT2D eigenvalue weighted by molar-refractivity contribution is 0.0142. The molecule has 2 aromatic carbocycles. The van der Waals surface area contributed by atoms with E-state index >= 15 is 0 Å². The highest BCUT2D eigenvalue weighted by Gasteiger charge is 2.28. The summed E-state index contributed by atoms with van der Waals surface area (Å²) in [6.45, 7) is 12.6. The van der Waals surface area contributed by atoms with Gasteiger partial charge >= 0.3 is 6.09 Å². The molecule has 2 saturated heterocycles. The minimum absolute atomic E-state index is 0.210. The maximum atomic E-state index is 12.2. The Morgan fingerprint density at radius 2 is 1.62 bits per heavy atom. The van der Waals surface area contributed by atoms with Crippen LogP contribution in [0, 0.1) is 11.3 Å². The van der Waals surface area contributed by atoms with Crippen molar-refractivity contribution >= 4 is 11.8 Å². The third-order valence-electron chi connectivity index (χ3n) is 8.30. The predicted octanol–water partition coefficient (Wildman–Crippen LogP) is 6.14. The second-order valence-electron chi connectivity index (χ2n) is 12.5. The molecule has 0 aromatic heterocycles. The number of hydrogen-bond acceptors (Lipinski definition) is 6. The molecule has 0 unspecified atom stereocenters. The number of amides is 1. The smallest absolute Gasteiger partial charge is 0.410 e. The molecule has 2 aromatic rings. The van der Waals surface area contributed by atoms with E-state index in [1.165, 1.54) is 29.7 Å². The van der Waals surface area contributed by atoms with E-state index in [4.69, 9.17) is 9.47 Å². The molecule has 1 saturated carbocycles. The van der Waals surface area contributed by atoms with Crippen molar-refractivity contribution in [3.8, 4) is 11.8 Å². The fourth-order valence-electron chi connectivity index (χ4n) is 5.85. The molecule has 7 nitrogen and oxygen atoms in total. The molecule has 0 spiro atoms. The summed E-state index contributed by atoms with van der Waals surface area (Å²) < 4.78 is 11.5. The summed E-state index contributed by atoms with van der Waals surface area (Å²) in [5, 5.41) is 9.45. The monoisotopic (exact) mass is 544 g/mol. The summed E-state index contributed by atoms with van der Waals surface area (Å²) in [5.74, 6) is 2.10. The molecule has 0 radical (unpaired) electrons. The van der Waals surface area contributed by atoms with Gasteiger partial charge in [0.2, 0.25) is 0 Å². The minimum Gasteiger partial charge on any atom is -0.494 e. The van der Waals surface area contributed by atoms with E-state index in [0.717, 1.165) is 63.3 Å². The highest BCUT2D eigenvalue weighted by Crippen LogP contribution is 2.43. The Labute approximate surface area is 239 Å². The van der Waals surface area contributed by atoms with Crippen molar-refractivity contribution in [1.82, 2.24) is 9.80 Å². The van der Waals surface area contributed by atoms with Gasteiger partial charge in [0.1, 0.15) is 11.4 Å². The standard InChI is InChI=1S/C33H44N4O3/c1-33(2,3)40-32(38)37-20-18-35(19-21-37)15-4-22-39-30-11-8-25(9-12-30)26-13-16-36(17-14-26)29-10-7-28(24-34)31(23-29)27-5-6-27/h7-12,23,26-27H,4-6,13-22H2,1-3H3. The van der Waals surface area contributed by atoms with Crippen LogP contribution in [0.1, 0.15) is 81.4 Å². The molecule has 1 aliphatic carbocycles. The van der Waals surface area contributed by atoms with Gasteiger partial charge in [0.25, 0.3) is 0 Å². The average Bonchev–Trinajstić information content (AvgIpc) is 3.81. The number of carbonyl (C=O) groups excluding carboxylic acids is 1. The number of benzene rings is 2. The van der Waals surface area contributed by atoms with Crippen LogP contribution in [-0.2, 0) is 4.74 Å². The molecule has 3 aliphatic rings. The summed E-state index contributed by atoms with van der Waals surface area (Å²) in [6, 6.07) is 17.5. The first-order valence-corrected chi connectivity index (χ1v) is 15.0. The fraction of sp³-hybridized carbons (Fsp3) is 0.576. The number of rotatable bonds is 8. The van der Waals surface area contributed by atoms with Gasteiger partial charge in [-0.3, -0.25) is 4.90 Å². The summed E-state index contributed by atoms with van der Waals surface area (Å²) in [5.41, 5.74) is 4.31. The quantitative estimate of drug-likeness (QED) is 0.372. The van der Waals surface area contributed by atoms with Crippen LogP contribution in [-0.4, -0.2) is 73.9 Å². The van der Waals surface area contributed by atoms with E-state index in [0.29, 0.717) is 31.5 Å². The molecule has 0 atom stereocenters. The van der Waals surface area contributed by atoms with E-state index in [1.54, 1.807) is 0 Å². The van der Waals surface area contributed by atoms with Gasteiger partial charge in [0.05, 0.1) is 18.2 Å². The Morgan fingerprint density at radius 1 is 0.925 bits per heavy atom. The Balaban J connectivity index is 1.01. The summed E-state index contributed by atoms with van der Waals surface area (Å²) in [6.07, 6.45) is 5.46. The Morgan fingerprint density at radius 3 is 2.25 bits per heavy atom. The van der Waals surface area contributed by atoms with Crippen molar-refractivity contribution in [2.24, 2.45) is 0 Å². The largest absolute Gasteiger partial charge is 0.494 e. The number of piperazine rings is 1. The molecule has 2 aliphatic heterocycles. The molecule has 40 heavy (non-hydrogen) atoms. The number of piperidine rings is 1. The van der Waals surface area contributed by atoms with Crippen molar-refractivity contribution in [2.75, 3.05) is 57.3 Å². The summed E-state index contributed by atoms with van der Waals surface area (Å²) in [4.78, 5) is 18.9. The van der Waals surface area contributed by atoms with E-state index in [9.17, 15) is 10.1 Å². The average molecular weight is 545 g/mol. The summed E-state index contributed by atoms with van der Waals surface area (Å²) in [7, 11) is 0. The normalized spacial score (nSPS) is 18.9. The first kappa shape index (κ1) is 28.3. The van der Waals surface area contributed by atoms with Crippen LogP contribution < -0.4 is 9.64 Å². The van der Waals surface area contributed by atoms with Gasteiger partial charge in [-0.2, -0.15) is 5.26 Å². The van der Waals surface area contributed by atoms with Gasteiger partial charge in [0, 0.05) is 51.5 Å². The highest BCUT2D eigenvalue weighted by molar-refractivity contribution is 5.68. The molecule has 0 bridgehead atoms. The van der Waals surface area contributed by atoms with Crippen molar-refractivity contribution in [1.29, 1.82) is 5.26 Å². The van der Waals surface area contributed by atoms with Crippen LogP contribution in [0.15, 0.2) is 42.5 Å². The first-order chi connectivity index (χ1) is 19.3. The van der Waals surface area contributed by atoms with Crippen LogP contribution in [0.4, 0.5) is 10.5 Å². The Kier molecular flexibility index (Phi) is 8.85. The van der Waals surface area contributed by atoms with Crippen LogP contribution in [0.2, 0.25) is 0 Å². The third kappa shape index (κ3) is 7.48.